The Morgan fingerprint density at radius 1 is 0.204 bits per heavy atom. The predicted octanol–water partition coefficient (Wildman–Crippen LogP) is 22.0. The number of carbonyl (C=O) groups is 12. The van der Waals surface area contributed by atoms with Crippen LogP contribution in [0, 0.1) is 11.8 Å². The van der Waals surface area contributed by atoms with Crippen LogP contribution in [0.25, 0.3) is 0 Å². The van der Waals surface area contributed by atoms with E-state index in [1.54, 1.807) is 60.9 Å². The molecule has 6 atom stereocenters. The molecule has 0 rings (SSSR count). The molecule has 0 N–H and O–H groups in total. The molecule has 0 spiro atoms. The van der Waals surface area contributed by atoms with Gasteiger partial charge in [-0.2, -0.15) is 23.5 Å². The van der Waals surface area contributed by atoms with Crippen molar-refractivity contribution in [1.29, 1.82) is 0 Å². The second-order valence-electron chi connectivity index (χ2n) is 37.3. The predicted molar refractivity (Wildman–Crippen MR) is 584 cm³/mol. The van der Waals surface area contributed by atoms with E-state index >= 15 is 0 Å². The standard InChI is InChI=1S/C108H198N4O24S6/c1-13-18-22-26-30-34-38-42-46-50-83-139-93(8)105(121)133-79-73-127-99(115)57-65-111(66-58-100(116)128-74-80-134-106(122)94(9)140-84-51-47-43-39-35-31-27-23-19-14-2)69-87-137-89-91(6)103(119)131-77-71-125-97(113)55-63-110(62-54-61-109(12)17-5)64-56-98(114)126-72-78-132-104(120)92(7)90-138-88-70-112(67-59-101(117)129-75-81-135-107(123)95(10)141-85-52-48-44-40-36-32-28-24-20-15-3)68-60-102(118)130-76-82-136-108(124)96(11)142-86-53-49-45-41-37-33-29-25-21-16-4/h91-96H,13-90H2,1-12H3. The highest BCUT2D eigenvalue weighted by molar-refractivity contribution is 8.01. The largest absolute Gasteiger partial charge is 0.462 e. The van der Waals surface area contributed by atoms with Crippen LogP contribution in [0.2, 0.25) is 0 Å². The minimum Gasteiger partial charge on any atom is -0.462 e. The van der Waals surface area contributed by atoms with Gasteiger partial charge in [0, 0.05) is 75.4 Å². The number of esters is 12. The fraction of sp³-hybridized carbons (Fsp3) is 0.889. The van der Waals surface area contributed by atoms with E-state index in [1.165, 1.54) is 229 Å². The zero-order valence-electron chi connectivity index (χ0n) is 90.7. The fourth-order valence-corrected chi connectivity index (χ4v) is 20.7. The monoisotopic (exact) mass is 2130 g/mol. The molecule has 142 heavy (non-hydrogen) atoms. The first-order valence-electron chi connectivity index (χ1n) is 55.2. The first-order chi connectivity index (χ1) is 68.8. The first-order valence-corrected chi connectivity index (χ1v) is 61.7. The summed E-state index contributed by atoms with van der Waals surface area (Å²) in [6.45, 7) is 25.4. The van der Waals surface area contributed by atoms with Gasteiger partial charge >= 0.3 is 71.6 Å². The Kier molecular flexibility index (Phi) is 98.0. The molecular formula is C108H198N4O24S6. The quantitative estimate of drug-likeness (QED) is 0.0310. The van der Waals surface area contributed by atoms with Gasteiger partial charge in [-0.05, 0) is 109 Å². The van der Waals surface area contributed by atoms with E-state index in [0.717, 1.165) is 93.9 Å². The maximum atomic E-state index is 13.2. The van der Waals surface area contributed by atoms with Crippen molar-refractivity contribution in [2.45, 2.75) is 399 Å². The summed E-state index contributed by atoms with van der Waals surface area (Å²) in [5.41, 5.74) is 0. The van der Waals surface area contributed by atoms with Gasteiger partial charge in [-0.25, -0.2) is 0 Å². The maximum Gasteiger partial charge on any atom is 0.318 e. The summed E-state index contributed by atoms with van der Waals surface area (Å²) in [5, 5.41) is -1.33. The lowest BCUT2D eigenvalue weighted by atomic mass is 10.1. The smallest absolute Gasteiger partial charge is 0.318 e. The summed E-state index contributed by atoms with van der Waals surface area (Å²) >= 11 is 9.29. The van der Waals surface area contributed by atoms with Crippen LogP contribution >= 0.6 is 70.6 Å². The minimum atomic E-state index is -0.516. The van der Waals surface area contributed by atoms with E-state index < -0.39 is 59.6 Å². The van der Waals surface area contributed by atoms with Crippen LogP contribution in [-0.2, 0) is 114 Å². The van der Waals surface area contributed by atoms with Crippen molar-refractivity contribution in [2.75, 3.05) is 204 Å². The zero-order chi connectivity index (χ0) is 105. The second-order valence-corrected chi connectivity index (χ2v) is 45.4. The lowest BCUT2D eigenvalue weighted by Crippen LogP contribution is -2.33. The number of unbranched alkanes of at least 4 members (excludes halogenated alkanes) is 36. The van der Waals surface area contributed by atoms with E-state index in [-0.39, 0.29) is 189 Å². The Morgan fingerprint density at radius 3 is 0.592 bits per heavy atom. The second kappa shape index (κ2) is 101. The van der Waals surface area contributed by atoms with Crippen LogP contribution in [0.5, 0.6) is 0 Å². The van der Waals surface area contributed by atoms with Crippen molar-refractivity contribution >= 4 is 142 Å². The molecule has 0 saturated heterocycles. The molecule has 830 valence electrons. The Morgan fingerprint density at radius 2 is 0.387 bits per heavy atom. The van der Waals surface area contributed by atoms with Crippen molar-refractivity contribution in [3.63, 3.8) is 0 Å². The Hall–Kier alpha value is -4.42. The van der Waals surface area contributed by atoms with Crippen molar-refractivity contribution in [3.8, 4) is 0 Å². The molecule has 6 unspecified atom stereocenters. The van der Waals surface area contributed by atoms with Crippen molar-refractivity contribution < 1.29 is 114 Å². The molecule has 0 aromatic rings. The molecule has 0 aromatic carbocycles. The molecule has 0 bridgehead atoms. The third kappa shape index (κ3) is 89.6. The average molecular weight is 2130 g/mol. The van der Waals surface area contributed by atoms with E-state index in [0.29, 0.717) is 55.7 Å². The van der Waals surface area contributed by atoms with Crippen LogP contribution in [-0.4, -0.2) is 317 Å². The summed E-state index contributed by atoms with van der Waals surface area (Å²) < 4.78 is 65.5. The number of rotatable bonds is 105. The van der Waals surface area contributed by atoms with Gasteiger partial charge in [-0.15, -0.1) is 47.0 Å². The Labute approximate surface area is 885 Å². The van der Waals surface area contributed by atoms with Crippen LogP contribution in [0.3, 0.4) is 0 Å². The molecule has 0 aliphatic heterocycles. The molecule has 0 radical (unpaired) electrons. The summed E-state index contributed by atoms with van der Waals surface area (Å²) in [4.78, 5) is 163. The van der Waals surface area contributed by atoms with Crippen molar-refractivity contribution in [2.24, 2.45) is 11.8 Å². The van der Waals surface area contributed by atoms with Crippen molar-refractivity contribution in [1.82, 2.24) is 19.6 Å². The topological polar surface area (TPSA) is 329 Å². The van der Waals surface area contributed by atoms with E-state index in [4.69, 9.17) is 56.8 Å². The van der Waals surface area contributed by atoms with Gasteiger partial charge in [-0.1, -0.05) is 280 Å². The third-order valence-electron chi connectivity index (χ3n) is 24.3. The van der Waals surface area contributed by atoms with Gasteiger partial charge in [0.25, 0.3) is 0 Å². The van der Waals surface area contributed by atoms with Gasteiger partial charge in [0.15, 0.2) is 0 Å². The van der Waals surface area contributed by atoms with E-state index in [9.17, 15) is 57.5 Å². The number of nitrogens with zero attached hydrogens (tertiary/aromatic N) is 4. The summed E-state index contributed by atoms with van der Waals surface area (Å²) in [6, 6.07) is 0. The highest BCUT2D eigenvalue weighted by atomic mass is 32.2. The summed E-state index contributed by atoms with van der Waals surface area (Å²) in [6.07, 6.45) is 50.7. The van der Waals surface area contributed by atoms with Crippen LogP contribution in [0.15, 0.2) is 0 Å². The molecule has 0 aliphatic rings. The molecular weight excluding hydrogens is 1930 g/mol. The number of carbonyl (C=O) groups excluding carboxylic acids is 12. The number of ether oxygens (including phenoxy) is 12. The van der Waals surface area contributed by atoms with E-state index in [2.05, 4.69) is 39.5 Å². The molecule has 0 fully saturated rings. The molecule has 0 saturated carbocycles. The molecule has 34 heteroatoms. The molecule has 0 heterocycles. The van der Waals surface area contributed by atoms with Gasteiger partial charge in [0.2, 0.25) is 0 Å². The normalized spacial score (nSPS) is 12.8. The third-order valence-corrected chi connectivity index (χ3v) is 31.6. The zero-order valence-corrected chi connectivity index (χ0v) is 95.6. The van der Waals surface area contributed by atoms with E-state index in [1.807, 2.05) is 49.4 Å². The molecule has 0 amide bonds. The van der Waals surface area contributed by atoms with Gasteiger partial charge < -0.3 is 76.4 Å². The summed E-state index contributed by atoms with van der Waals surface area (Å²) in [7, 11) is 2.01. The molecule has 28 nitrogen and oxygen atoms in total. The van der Waals surface area contributed by atoms with Crippen LogP contribution in [0.1, 0.15) is 378 Å². The summed E-state index contributed by atoms with van der Waals surface area (Å²) in [5.74, 6) is -0.906. The minimum absolute atomic E-state index is 0.00782. The van der Waals surface area contributed by atoms with Gasteiger partial charge in [0.1, 0.15) is 79.3 Å². The first kappa shape index (κ1) is 138. The lowest BCUT2D eigenvalue weighted by molar-refractivity contribution is -0.154. The molecule has 0 aliphatic carbocycles. The average Bonchev–Trinajstić information content (AvgIpc) is 0.944. The lowest BCUT2D eigenvalue weighted by Gasteiger charge is -2.23. The number of thioether (sulfide) groups is 6. The SMILES string of the molecule is CCCCCCCCCCCCSC(C)C(=O)OCCOC(=O)CCN(CCSCC(C)C(=O)OCCOC(=O)CCN(CCCN(C)CC)CCC(=O)OCCOC(=O)C(C)CSCCN(CCC(=O)OCCOC(=O)C(C)SCCCCCCCCCCCC)CCC(=O)OCCOC(=O)C(C)SCCCCCCCCCCCC)CCC(=O)OCCOC(=O)C(C)SCCCCCCCCCCCC. The fourth-order valence-electron chi connectivity index (χ4n) is 14.9. The van der Waals surface area contributed by atoms with Gasteiger partial charge in [0.05, 0.1) is 71.4 Å². The highest BCUT2D eigenvalue weighted by Crippen LogP contribution is 2.24. The van der Waals surface area contributed by atoms with Crippen molar-refractivity contribution in [3.05, 3.63) is 0 Å². The van der Waals surface area contributed by atoms with Crippen LogP contribution in [0.4, 0.5) is 0 Å². The Bertz CT molecular complexity index is 2800. The van der Waals surface area contributed by atoms with Crippen LogP contribution < -0.4 is 0 Å². The number of hydrogen-bond donors (Lipinski definition) is 0. The highest BCUT2D eigenvalue weighted by Gasteiger charge is 2.25. The maximum absolute atomic E-state index is 13.2. The Balaban J connectivity index is 5.37. The molecule has 0 aromatic heterocycles. The number of hydrogen-bond acceptors (Lipinski definition) is 34. The van der Waals surface area contributed by atoms with Gasteiger partial charge in [-0.3, -0.25) is 57.5 Å².